The highest BCUT2D eigenvalue weighted by molar-refractivity contribution is 5.57. The molecular formula is C14H22N4O. The Balaban J connectivity index is 1.94. The molecule has 2 aliphatic rings. The smallest absolute Gasteiger partial charge is 0.137 e. The molecule has 1 aromatic rings. The van der Waals surface area contributed by atoms with Gasteiger partial charge in [0.25, 0.3) is 0 Å². The topological polar surface area (TPSA) is 64.3 Å². The van der Waals surface area contributed by atoms with Crippen molar-refractivity contribution in [2.45, 2.75) is 51.7 Å². The Hall–Kier alpha value is -1.36. The first kappa shape index (κ1) is 12.7. The predicted molar refractivity (Wildman–Crippen MR) is 75.4 cm³/mol. The van der Waals surface area contributed by atoms with Gasteiger partial charge in [-0.1, -0.05) is 0 Å². The number of morpholine rings is 1. The van der Waals surface area contributed by atoms with Crippen molar-refractivity contribution in [2.24, 2.45) is 0 Å². The first-order valence-corrected chi connectivity index (χ1v) is 7.09. The first-order chi connectivity index (χ1) is 9.04. The summed E-state index contributed by atoms with van der Waals surface area (Å²) in [6.07, 6.45) is 2.84. The largest absolute Gasteiger partial charge is 0.383 e. The van der Waals surface area contributed by atoms with Crippen LogP contribution in [0.2, 0.25) is 0 Å². The number of hydrogen-bond acceptors (Lipinski definition) is 5. The predicted octanol–water partition coefficient (Wildman–Crippen LogP) is 1.86. The minimum absolute atomic E-state index is 0.226. The molecule has 104 valence electrons. The second kappa shape index (κ2) is 4.63. The number of nitrogens with zero attached hydrogens (tertiary/aromatic N) is 3. The number of aromatic nitrogens is 2. The zero-order chi connectivity index (χ0) is 13.6. The van der Waals surface area contributed by atoms with E-state index in [-0.39, 0.29) is 12.2 Å². The van der Waals surface area contributed by atoms with Crippen molar-refractivity contribution in [3.63, 3.8) is 0 Å². The summed E-state index contributed by atoms with van der Waals surface area (Å²) in [4.78, 5) is 11.5. The summed E-state index contributed by atoms with van der Waals surface area (Å²) in [5.74, 6) is 3.07. The quantitative estimate of drug-likeness (QED) is 0.881. The third kappa shape index (κ3) is 2.52. The molecule has 2 heterocycles. The van der Waals surface area contributed by atoms with E-state index in [2.05, 4.69) is 23.7 Å². The molecule has 5 heteroatoms. The number of nitrogen functional groups attached to an aromatic ring is 1. The Bertz CT molecular complexity index is 477. The van der Waals surface area contributed by atoms with Crippen LogP contribution in [0.15, 0.2) is 0 Å². The van der Waals surface area contributed by atoms with Gasteiger partial charge in [0, 0.05) is 24.6 Å². The number of ether oxygens (including phenoxy) is 1. The number of rotatable bonds is 2. The second-order valence-corrected chi connectivity index (χ2v) is 5.85. The summed E-state index contributed by atoms with van der Waals surface area (Å²) in [6.45, 7) is 7.94. The zero-order valence-electron chi connectivity index (χ0n) is 11.9. The molecule has 3 rings (SSSR count). The van der Waals surface area contributed by atoms with Crippen LogP contribution >= 0.6 is 0 Å². The van der Waals surface area contributed by atoms with E-state index in [1.54, 1.807) is 0 Å². The van der Waals surface area contributed by atoms with E-state index in [4.69, 9.17) is 15.5 Å². The molecule has 0 bridgehead atoms. The van der Waals surface area contributed by atoms with Crippen molar-refractivity contribution >= 4 is 11.6 Å². The molecule has 1 saturated carbocycles. The van der Waals surface area contributed by atoms with E-state index in [0.29, 0.717) is 11.7 Å². The standard InChI is InChI=1S/C14H22N4O/c1-8-6-18(7-9(2)19-8)14-10(3)12(15)16-13(17-14)11-4-5-11/h8-9,11H,4-7H2,1-3H3,(H2,15,16,17). The summed E-state index contributed by atoms with van der Waals surface area (Å²) >= 11 is 0. The summed E-state index contributed by atoms with van der Waals surface area (Å²) < 4.78 is 5.78. The fourth-order valence-electron chi connectivity index (χ4n) is 2.72. The van der Waals surface area contributed by atoms with E-state index < -0.39 is 0 Å². The third-order valence-corrected chi connectivity index (χ3v) is 3.84. The molecule has 2 atom stereocenters. The van der Waals surface area contributed by atoms with Gasteiger partial charge in [0.05, 0.1) is 12.2 Å². The molecule has 0 aromatic carbocycles. The molecule has 2 fully saturated rings. The lowest BCUT2D eigenvalue weighted by Crippen LogP contribution is -2.46. The van der Waals surface area contributed by atoms with Crippen molar-refractivity contribution in [1.29, 1.82) is 0 Å². The second-order valence-electron chi connectivity index (χ2n) is 5.85. The normalized spacial score (nSPS) is 27.6. The molecular weight excluding hydrogens is 240 g/mol. The number of nitrogens with two attached hydrogens (primary N) is 1. The summed E-state index contributed by atoms with van der Waals surface area (Å²) in [5, 5.41) is 0. The first-order valence-electron chi connectivity index (χ1n) is 7.09. The highest BCUT2D eigenvalue weighted by Crippen LogP contribution is 2.39. The molecule has 0 amide bonds. The van der Waals surface area contributed by atoms with Crippen LogP contribution < -0.4 is 10.6 Å². The molecule has 1 aromatic heterocycles. The maximum atomic E-state index is 6.05. The van der Waals surface area contributed by atoms with Gasteiger partial charge in [-0.15, -0.1) is 0 Å². The molecule has 5 nitrogen and oxygen atoms in total. The van der Waals surface area contributed by atoms with Gasteiger partial charge in [0.1, 0.15) is 17.5 Å². The van der Waals surface area contributed by atoms with E-state index in [9.17, 15) is 0 Å². The van der Waals surface area contributed by atoms with Crippen molar-refractivity contribution in [3.8, 4) is 0 Å². The van der Waals surface area contributed by atoms with E-state index in [0.717, 1.165) is 30.3 Å². The summed E-state index contributed by atoms with van der Waals surface area (Å²) in [7, 11) is 0. The molecule has 19 heavy (non-hydrogen) atoms. The summed E-state index contributed by atoms with van der Waals surface area (Å²) in [5.41, 5.74) is 7.05. The lowest BCUT2D eigenvalue weighted by molar-refractivity contribution is -0.00550. The van der Waals surface area contributed by atoms with Gasteiger partial charge in [-0.2, -0.15) is 0 Å². The van der Waals surface area contributed by atoms with Crippen LogP contribution in [0.3, 0.4) is 0 Å². The summed E-state index contributed by atoms with van der Waals surface area (Å²) in [6, 6.07) is 0. The maximum Gasteiger partial charge on any atom is 0.137 e. The highest BCUT2D eigenvalue weighted by atomic mass is 16.5. The van der Waals surface area contributed by atoms with Crippen LogP contribution in [0.4, 0.5) is 11.6 Å². The number of anilines is 2. The van der Waals surface area contributed by atoms with Crippen LogP contribution in [0, 0.1) is 6.92 Å². The molecule has 0 spiro atoms. The average molecular weight is 262 g/mol. The van der Waals surface area contributed by atoms with Crippen molar-refractivity contribution < 1.29 is 4.74 Å². The van der Waals surface area contributed by atoms with Gasteiger partial charge < -0.3 is 15.4 Å². The highest BCUT2D eigenvalue weighted by Gasteiger charge is 2.30. The van der Waals surface area contributed by atoms with Gasteiger partial charge in [0.15, 0.2) is 0 Å². The minimum atomic E-state index is 0.226. The molecule has 2 unspecified atom stereocenters. The number of hydrogen-bond donors (Lipinski definition) is 1. The van der Waals surface area contributed by atoms with Gasteiger partial charge >= 0.3 is 0 Å². The monoisotopic (exact) mass is 262 g/mol. The van der Waals surface area contributed by atoms with E-state index in [1.807, 2.05) is 6.92 Å². The van der Waals surface area contributed by atoms with Crippen LogP contribution in [0.25, 0.3) is 0 Å². The molecule has 0 radical (unpaired) electrons. The Morgan fingerprint density at radius 1 is 1.16 bits per heavy atom. The SMILES string of the molecule is Cc1c(N)nc(C2CC2)nc1N1CC(C)OC(C)C1. The maximum absolute atomic E-state index is 6.05. The van der Waals surface area contributed by atoms with Crippen LogP contribution in [0.1, 0.15) is 44.0 Å². The Kier molecular flexibility index (Phi) is 3.09. The van der Waals surface area contributed by atoms with Crippen molar-refractivity contribution in [1.82, 2.24) is 9.97 Å². The minimum Gasteiger partial charge on any atom is -0.383 e. The Morgan fingerprint density at radius 2 is 1.79 bits per heavy atom. The van der Waals surface area contributed by atoms with Gasteiger partial charge in [-0.05, 0) is 33.6 Å². The fourth-order valence-corrected chi connectivity index (χ4v) is 2.72. The van der Waals surface area contributed by atoms with Crippen molar-refractivity contribution in [2.75, 3.05) is 23.7 Å². The van der Waals surface area contributed by atoms with Gasteiger partial charge in [-0.25, -0.2) is 9.97 Å². The van der Waals surface area contributed by atoms with E-state index >= 15 is 0 Å². The van der Waals surface area contributed by atoms with Crippen molar-refractivity contribution in [3.05, 3.63) is 11.4 Å². The molecule has 1 aliphatic carbocycles. The molecule has 2 N–H and O–H groups in total. The van der Waals surface area contributed by atoms with E-state index in [1.165, 1.54) is 12.8 Å². The average Bonchev–Trinajstić information content (AvgIpc) is 3.15. The van der Waals surface area contributed by atoms with Crippen LogP contribution in [0.5, 0.6) is 0 Å². The molecule has 1 saturated heterocycles. The lowest BCUT2D eigenvalue weighted by Gasteiger charge is -2.37. The molecule has 1 aliphatic heterocycles. The lowest BCUT2D eigenvalue weighted by atomic mass is 10.2. The fraction of sp³-hybridized carbons (Fsp3) is 0.714. The zero-order valence-corrected chi connectivity index (χ0v) is 11.9. The van der Waals surface area contributed by atoms with Crippen LogP contribution in [-0.4, -0.2) is 35.3 Å². The van der Waals surface area contributed by atoms with Crippen LogP contribution in [-0.2, 0) is 4.74 Å². The Labute approximate surface area is 114 Å². The van der Waals surface area contributed by atoms with Gasteiger partial charge in [-0.3, -0.25) is 0 Å². The van der Waals surface area contributed by atoms with Gasteiger partial charge in [0.2, 0.25) is 0 Å². The Morgan fingerprint density at radius 3 is 2.37 bits per heavy atom. The third-order valence-electron chi connectivity index (χ3n) is 3.84.